The molecule has 2 N–H and O–H groups in total. The number of aliphatic hydroxyl groups excluding tert-OH is 1. The van der Waals surface area contributed by atoms with Crippen LogP contribution in [0.25, 0.3) is 0 Å². The summed E-state index contributed by atoms with van der Waals surface area (Å²) in [5.41, 5.74) is 2.20. The Balaban J connectivity index is 2.90. The minimum absolute atomic E-state index is 0.428. The Hall–Kier alpha value is -0.380. The molecule has 0 fully saturated rings. The fourth-order valence-electron chi connectivity index (χ4n) is 1.38. The number of aryl methyl sites for hydroxylation is 1. The average molecular weight is 258 g/mol. The molecule has 0 spiro atoms. The monoisotopic (exact) mass is 257 g/mol. The van der Waals surface area contributed by atoms with Crippen molar-refractivity contribution in [1.82, 2.24) is 5.32 Å². The van der Waals surface area contributed by atoms with Crippen molar-refractivity contribution < 1.29 is 5.11 Å². The van der Waals surface area contributed by atoms with Crippen LogP contribution in [0.5, 0.6) is 0 Å². The lowest BCUT2D eigenvalue weighted by Crippen LogP contribution is -2.16. The lowest BCUT2D eigenvalue weighted by atomic mass is 10.0. The van der Waals surface area contributed by atoms with E-state index in [1.807, 2.05) is 19.2 Å². The predicted molar refractivity (Wildman–Crippen MR) is 62.4 cm³/mol. The molecule has 1 atom stereocenters. The molecule has 0 saturated carbocycles. The van der Waals surface area contributed by atoms with E-state index in [2.05, 4.69) is 34.2 Å². The molecule has 1 unspecified atom stereocenters. The Labute approximate surface area is 93.5 Å². The molecule has 1 aromatic rings. The Morgan fingerprint density at radius 2 is 2.14 bits per heavy atom. The SMILES string of the molecule is CCc1cc(Br)cc(C(O)CNC)c1. The zero-order valence-corrected chi connectivity index (χ0v) is 10.1. The molecule has 0 aliphatic rings. The summed E-state index contributed by atoms with van der Waals surface area (Å²) in [6.07, 6.45) is 0.557. The molecule has 1 aromatic carbocycles. The van der Waals surface area contributed by atoms with Gasteiger partial charge in [-0.3, -0.25) is 0 Å². The van der Waals surface area contributed by atoms with Gasteiger partial charge in [-0.25, -0.2) is 0 Å². The van der Waals surface area contributed by atoms with Gasteiger partial charge in [0, 0.05) is 11.0 Å². The third-order valence-corrected chi connectivity index (χ3v) is 2.63. The summed E-state index contributed by atoms with van der Waals surface area (Å²) < 4.78 is 1.03. The van der Waals surface area contributed by atoms with Crippen molar-refractivity contribution in [2.75, 3.05) is 13.6 Å². The zero-order valence-electron chi connectivity index (χ0n) is 8.55. The van der Waals surface area contributed by atoms with Gasteiger partial charge in [-0.1, -0.05) is 28.9 Å². The van der Waals surface area contributed by atoms with Crippen LogP contribution >= 0.6 is 15.9 Å². The average Bonchev–Trinajstić information content (AvgIpc) is 2.17. The van der Waals surface area contributed by atoms with Crippen LogP contribution in [-0.4, -0.2) is 18.7 Å². The Morgan fingerprint density at radius 1 is 1.43 bits per heavy atom. The van der Waals surface area contributed by atoms with Crippen LogP contribution in [0.4, 0.5) is 0 Å². The first-order valence-corrected chi connectivity index (χ1v) is 5.58. The van der Waals surface area contributed by atoms with Crippen LogP contribution in [0.3, 0.4) is 0 Å². The second-order valence-electron chi connectivity index (χ2n) is 3.32. The highest BCUT2D eigenvalue weighted by molar-refractivity contribution is 9.10. The van der Waals surface area contributed by atoms with E-state index in [1.54, 1.807) is 0 Å². The molecule has 0 bridgehead atoms. The molecule has 0 aromatic heterocycles. The maximum absolute atomic E-state index is 9.78. The Kier molecular flexibility index (Phi) is 4.58. The maximum Gasteiger partial charge on any atom is 0.0914 e. The van der Waals surface area contributed by atoms with Crippen molar-refractivity contribution in [2.24, 2.45) is 0 Å². The summed E-state index contributed by atoms with van der Waals surface area (Å²) in [7, 11) is 1.84. The number of likely N-dealkylation sites (N-methyl/N-ethyl adjacent to an activating group) is 1. The van der Waals surface area contributed by atoms with Gasteiger partial charge in [0.15, 0.2) is 0 Å². The van der Waals surface area contributed by atoms with E-state index in [1.165, 1.54) is 5.56 Å². The van der Waals surface area contributed by atoms with Gasteiger partial charge in [-0.15, -0.1) is 0 Å². The summed E-state index contributed by atoms with van der Waals surface area (Å²) in [6, 6.07) is 6.09. The second kappa shape index (κ2) is 5.49. The molecule has 0 saturated heterocycles. The first kappa shape index (κ1) is 11.7. The highest BCUT2D eigenvalue weighted by Gasteiger charge is 2.07. The summed E-state index contributed by atoms with van der Waals surface area (Å²) in [5.74, 6) is 0. The van der Waals surface area contributed by atoms with Gasteiger partial charge in [0.05, 0.1) is 6.10 Å². The predicted octanol–water partition coefficient (Wildman–Crippen LogP) is 2.26. The van der Waals surface area contributed by atoms with E-state index in [0.717, 1.165) is 16.5 Å². The van der Waals surface area contributed by atoms with Crippen LogP contribution < -0.4 is 5.32 Å². The van der Waals surface area contributed by atoms with E-state index in [9.17, 15) is 5.11 Å². The van der Waals surface area contributed by atoms with Gasteiger partial charge in [0.2, 0.25) is 0 Å². The first-order valence-electron chi connectivity index (χ1n) is 4.79. The summed E-state index contributed by atoms with van der Waals surface area (Å²) in [5, 5.41) is 12.7. The van der Waals surface area contributed by atoms with Crippen molar-refractivity contribution in [1.29, 1.82) is 0 Å². The smallest absolute Gasteiger partial charge is 0.0914 e. The van der Waals surface area contributed by atoms with Crippen molar-refractivity contribution in [2.45, 2.75) is 19.4 Å². The van der Waals surface area contributed by atoms with Crippen LogP contribution in [0, 0.1) is 0 Å². The number of rotatable bonds is 4. The Morgan fingerprint density at radius 3 is 2.71 bits per heavy atom. The quantitative estimate of drug-likeness (QED) is 0.868. The molecule has 14 heavy (non-hydrogen) atoms. The number of hydrogen-bond donors (Lipinski definition) is 2. The fraction of sp³-hybridized carbons (Fsp3) is 0.455. The highest BCUT2D eigenvalue weighted by atomic mass is 79.9. The maximum atomic E-state index is 9.78. The van der Waals surface area contributed by atoms with Gasteiger partial charge in [-0.2, -0.15) is 0 Å². The topological polar surface area (TPSA) is 32.3 Å². The van der Waals surface area contributed by atoms with E-state index in [0.29, 0.717) is 6.54 Å². The molecule has 3 heteroatoms. The van der Waals surface area contributed by atoms with Crippen LogP contribution in [0.1, 0.15) is 24.2 Å². The van der Waals surface area contributed by atoms with E-state index in [-0.39, 0.29) is 0 Å². The number of hydrogen-bond acceptors (Lipinski definition) is 2. The third kappa shape index (κ3) is 3.08. The van der Waals surface area contributed by atoms with Gasteiger partial charge in [0.25, 0.3) is 0 Å². The summed E-state index contributed by atoms with van der Waals surface area (Å²) >= 11 is 3.44. The molecule has 1 rings (SSSR count). The zero-order chi connectivity index (χ0) is 10.6. The number of aliphatic hydroxyl groups is 1. The van der Waals surface area contributed by atoms with Crippen LogP contribution in [0.15, 0.2) is 22.7 Å². The molecule has 0 radical (unpaired) electrons. The van der Waals surface area contributed by atoms with E-state index >= 15 is 0 Å². The van der Waals surface area contributed by atoms with E-state index in [4.69, 9.17) is 0 Å². The summed E-state index contributed by atoms with van der Waals surface area (Å²) in [6.45, 7) is 2.69. The highest BCUT2D eigenvalue weighted by Crippen LogP contribution is 2.21. The lowest BCUT2D eigenvalue weighted by Gasteiger charge is -2.12. The largest absolute Gasteiger partial charge is 0.387 e. The number of halogens is 1. The normalized spacial score (nSPS) is 12.9. The van der Waals surface area contributed by atoms with Gasteiger partial charge in [-0.05, 0) is 36.7 Å². The lowest BCUT2D eigenvalue weighted by molar-refractivity contribution is 0.177. The molecular formula is C11H16BrNO. The summed E-state index contributed by atoms with van der Waals surface area (Å²) in [4.78, 5) is 0. The van der Waals surface area contributed by atoms with Gasteiger partial charge >= 0.3 is 0 Å². The van der Waals surface area contributed by atoms with Crippen molar-refractivity contribution in [3.63, 3.8) is 0 Å². The molecule has 0 amide bonds. The van der Waals surface area contributed by atoms with Gasteiger partial charge in [0.1, 0.15) is 0 Å². The molecule has 0 heterocycles. The standard InChI is InChI=1S/C11H16BrNO/c1-3-8-4-9(6-10(12)5-8)11(14)7-13-2/h4-6,11,13-14H,3,7H2,1-2H3. The minimum Gasteiger partial charge on any atom is -0.387 e. The Bertz CT molecular complexity index is 301. The van der Waals surface area contributed by atoms with Crippen LogP contribution in [0.2, 0.25) is 0 Å². The van der Waals surface area contributed by atoms with E-state index < -0.39 is 6.10 Å². The van der Waals surface area contributed by atoms with Crippen molar-refractivity contribution in [3.05, 3.63) is 33.8 Å². The minimum atomic E-state index is -0.428. The molecule has 78 valence electrons. The third-order valence-electron chi connectivity index (χ3n) is 2.17. The first-order chi connectivity index (χ1) is 6.67. The molecule has 0 aliphatic carbocycles. The second-order valence-corrected chi connectivity index (χ2v) is 4.24. The molecule has 2 nitrogen and oxygen atoms in total. The number of nitrogens with one attached hydrogen (secondary N) is 1. The van der Waals surface area contributed by atoms with Gasteiger partial charge < -0.3 is 10.4 Å². The van der Waals surface area contributed by atoms with Crippen LogP contribution in [-0.2, 0) is 6.42 Å². The molecule has 0 aliphatic heterocycles. The van der Waals surface area contributed by atoms with Crippen molar-refractivity contribution >= 4 is 15.9 Å². The fourth-order valence-corrected chi connectivity index (χ4v) is 1.94. The van der Waals surface area contributed by atoms with Crippen molar-refractivity contribution in [3.8, 4) is 0 Å². The molecular weight excluding hydrogens is 242 g/mol. The number of benzene rings is 1.